The molecule has 0 atom stereocenters. The smallest absolute Gasteiger partial charge is 0.263 e. The maximum absolute atomic E-state index is 13.7. The molecule has 6 rings (SSSR count). The molecular formula is C29H24BrN3O2. The van der Waals surface area contributed by atoms with E-state index in [1.54, 1.807) is 4.90 Å². The summed E-state index contributed by atoms with van der Waals surface area (Å²) in [5, 5.41) is 1.00. The minimum absolute atomic E-state index is 0.0542. The van der Waals surface area contributed by atoms with Crippen molar-refractivity contribution in [3.8, 4) is 0 Å². The zero-order valence-corrected chi connectivity index (χ0v) is 20.7. The first-order valence-electron chi connectivity index (χ1n) is 11.9. The molecule has 4 aromatic rings. The third-order valence-corrected chi connectivity index (χ3v) is 7.31. The molecule has 3 heterocycles. The maximum atomic E-state index is 13.7. The van der Waals surface area contributed by atoms with Gasteiger partial charge in [0.05, 0.1) is 11.3 Å². The Morgan fingerprint density at radius 3 is 2.49 bits per heavy atom. The Bertz CT molecular complexity index is 1480. The summed E-state index contributed by atoms with van der Waals surface area (Å²) in [5.74, 6) is 0.0838. The summed E-state index contributed by atoms with van der Waals surface area (Å²) in [7, 11) is 0. The number of carbonyl (C=O) groups is 2. The standard InChI is InChI=1S/C29H24BrN3O2/c30-21-12-13-26-24(17-21)20(18-32(26)19-28(34)31-14-6-7-15-31)16-25-23-10-4-5-11-27(23)33(29(25)35)22-8-2-1-3-9-22/h1-5,8-13,16-18H,6-7,14-15,19H2. The van der Waals surface area contributed by atoms with Gasteiger partial charge in [-0.1, -0.05) is 52.3 Å². The lowest BCUT2D eigenvalue weighted by Crippen LogP contribution is -2.30. The zero-order chi connectivity index (χ0) is 23.9. The number of hydrogen-bond donors (Lipinski definition) is 0. The van der Waals surface area contributed by atoms with Gasteiger partial charge < -0.3 is 9.47 Å². The lowest BCUT2D eigenvalue weighted by molar-refractivity contribution is -0.130. The number of fused-ring (bicyclic) bond motifs is 2. The number of nitrogens with zero attached hydrogens (tertiary/aromatic N) is 3. The number of benzene rings is 3. The first kappa shape index (κ1) is 21.9. The minimum Gasteiger partial charge on any atom is -0.341 e. The molecule has 2 aliphatic rings. The fourth-order valence-corrected chi connectivity index (χ4v) is 5.49. The number of carbonyl (C=O) groups excluding carboxylic acids is 2. The van der Waals surface area contributed by atoms with E-state index in [-0.39, 0.29) is 11.8 Å². The number of aromatic nitrogens is 1. The lowest BCUT2D eigenvalue weighted by atomic mass is 10.0. The van der Waals surface area contributed by atoms with Crippen LogP contribution in [0.5, 0.6) is 0 Å². The van der Waals surface area contributed by atoms with Gasteiger partial charge in [-0.25, -0.2) is 0 Å². The Hall–Kier alpha value is -3.64. The summed E-state index contributed by atoms with van der Waals surface area (Å²) in [4.78, 5) is 30.3. The average Bonchev–Trinajstić information content (AvgIpc) is 3.58. The quantitative estimate of drug-likeness (QED) is 0.296. The highest BCUT2D eigenvalue weighted by molar-refractivity contribution is 9.10. The first-order valence-corrected chi connectivity index (χ1v) is 12.7. The highest BCUT2D eigenvalue weighted by Gasteiger charge is 2.33. The van der Waals surface area contributed by atoms with E-state index >= 15 is 0 Å². The van der Waals surface area contributed by atoms with Gasteiger partial charge in [0.15, 0.2) is 0 Å². The number of para-hydroxylation sites is 2. The number of halogens is 1. The van der Waals surface area contributed by atoms with Gasteiger partial charge in [-0.05, 0) is 55.3 Å². The number of anilines is 2. The molecule has 0 aliphatic carbocycles. The molecule has 2 aliphatic heterocycles. The van der Waals surface area contributed by atoms with Crippen LogP contribution < -0.4 is 4.90 Å². The summed E-state index contributed by atoms with van der Waals surface area (Å²) in [6, 6.07) is 23.7. The molecule has 2 amide bonds. The Labute approximate surface area is 212 Å². The van der Waals surface area contributed by atoms with Gasteiger partial charge in [-0.2, -0.15) is 0 Å². The second-order valence-electron chi connectivity index (χ2n) is 9.01. The van der Waals surface area contributed by atoms with E-state index < -0.39 is 0 Å². The van der Waals surface area contributed by atoms with Crippen LogP contribution in [0.25, 0.3) is 22.6 Å². The van der Waals surface area contributed by atoms with Gasteiger partial charge in [-0.3, -0.25) is 14.5 Å². The summed E-state index contributed by atoms with van der Waals surface area (Å²) >= 11 is 3.59. The molecule has 1 saturated heterocycles. The predicted octanol–water partition coefficient (Wildman–Crippen LogP) is 6.25. The van der Waals surface area contributed by atoms with E-state index in [2.05, 4.69) is 22.0 Å². The summed E-state index contributed by atoms with van der Waals surface area (Å²) in [6.45, 7) is 1.96. The van der Waals surface area contributed by atoms with Crippen LogP contribution >= 0.6 is 15.9 Å². The van der Waals surface area contributed by atoms with Crippen molar-refractivity contribution in [2.75, 3.05) is 18.0 Å². The second-order valence-corrected chi connectivity index (χ2v) is 9.93. The molecule has 5 nitrogen and oxygen atoms in total. The molecule has 174 valence electrons. The Balaban J connectivity index is 1.45. The van der Waals surface area contributed by atoms with E-state index in [1.165, 1.54) is 0 Å². The van der Waals surface area contributed by atoms with Crippen LogP contribution in [-0.4, -0.2) is 34.4 Å². The third-order valence-electron chi connectivity index (χ3n) is 6.82. The van der Waals surface area contributed by atoms with E-state index in [9.17, 15) is 9.59 Å². The second kappa shape index (κ2) is 8.86. The SMILES string of the molecule is O=C(Cn1cc(C=C2C(=O)N(c3ccccc3)c3ccccc32)c2cc(Br)ccc21)N1CCCC1. The van der Waals surface area contributed by atoms with Crippen molar-refractivity contribution >= 4 is 61.7 Å². The van der Waals surface area contributed by atoms with Crippen LogP contribution in [0, 0.1) is 0 Å². The molecule has 3 aromatic carbocycles. The van der Waals surface area contributed by atoms with Gasteiger partial charge >= 0.3 is 0 Å². The molecule has 0 radical (unpaired) electrons. The van der Waals surface area contributed by atoms with Crippen molar-refractivity contribution < 1.29 is 9.59 Å². The number of amides is 2. The van der Waals surface area contributed by atoms with E-state index in [1.807, 2.05) is 88.5 Å². The molecule has 1 fully saturated rings. The Morgan fingerprint density at radius 1 is 0.943 bits per heavy atom. The Kier molecular flexibility index (Phi) is 5.53. The number of hydrogen-bond acceptors (Lipinski definition) is 2. The van der Waals surface area contributed by atoms with E-state index in [0.29, 0.717) is 12.1 Å². The van der Waals surface area contributed by atoms with Crippen molar-refractivity contribution in [2.45, 2.75) is 19.4 Å². The topological polar surface area (TPSA) is 45.6 Å². The van der Waals surface area contributed by atoms with Gasteiger partial charge in [0.25, 0.3) is 5.91 Å². The fraction of sp³-hybridized carbons (Fsp3) is 0.172. The molecule has 35 heavy (non-hydrogen) atoms. The van der Waals surface area contributed by atoms with Crippen LogP contribution in [-0.2, 0) is 16.1 Å². The minimum atomic E-state index is -0.0542. The summed E-state index contributed by atoms with van der Waals surface area (Å²) in [5.41, 5.74) is 5.17. The van der Waals surface area contributed by atoms with Crippen LogP contribution in [0.2, 0.25) is 0 Å². The van der Waals surface area contributed by atoms with Crippen molar-refractivity contribution in [2.24, 2.45) is 0 Å². The first-order chi connectivity index (χ1) is 17.1. The molecule has 0 bridgehead atoms. The zero-order valence-electron chi connectivity index (χ0n) is 19.2. The normalized spacial score (nSPS) is 16.5. The number of rotatable bonds is 4. The van der Waals surface area contributed by atoms with Crippen LogP contribution in [0.15, 0.2) is 83.5 Å². The largest absolute Gasteiger partial charge is 0.341 e. The molecule has 1 aromatic heterocycles. The third kappa shape index (κ3) is 3.88. The average molecular weight is 526 g/mol. The van der Waals surface area contributed by atoms with Crippen molar-refractivity contribution in [1.29, 1.82) is 0 Å². The van der Waals surface area contributed by atoms with Crippen molar-refractivity contribution in [3.05, 3.63) is 94.6 Å². The fourth-order valence-electron chi connectivity index (χ4n) is 5.12. The van der Waals surface area contributed by atoms with Gasteiger partial charge in [-0.15, -0.1) is 0 Å². The molecule has 0 N–H and O–H groups in total. The molecule has 0 saturated carbocycles. The van der Waals surface area contributed by atoms with Crippen LogP contribution in [0.1, 0.15) is 24.0 Å². The summed E-state index contributed by atoms with van der Waals surface area (Å²) in [6.07, 6.45) is 6.11. The van der Waals surface area contributed by atoms with Gasteiger partial charge in [0.2, 0.25) is 5.91 Å². The maximum Gasteiger partial charge on any atom is 0.263 e. The molecule has 0 spiro atoms. The number of likely N-dealkylation sites (tertiary alicyclic amines) is 1. The van der Waals surface area contributed by atoms with Crippen LogP contribution in [0.4, 0.5) is 11.4 Å². The highest BCUT2D eigenvalue weighted by atomic mass is 79.9. The molecule has 0 unspecified atom stereocenters. The molecular weight excluding hydrogens is 502 g/mol. The van der Waals surface area contributed by atoms with Gasteiger partial charge in [0, 0.05) is 51.5 Å². The van der Waals surface area contributed by atoms with Crippen LogP contribution in [0.3, 0.4) is 0 Å². The Morgan fingerprint density at radius 2 is 1.69 bits per heavy atom. The molecule has 6 heteroatoms. The van der Waals surface area contributed by atoms with Crippen molar-refractivity contribution in [1.82, 2.24) is 9.47 Å². The predicted molar refractivity (Wildman–Crippen MR) is 143 cm³/mol. The van der Waals surface area contributed by atoms with E-state index in [4.69, 9.17) is 0 Å². The highest BCUT2D eigenvalue weighted by Crippen LogP contribution is 2.42. The lowest BCUT2D eigenvalue weighted by Gasteiger charge is -2.16. The van der Waals surface area contributed by atoms with E-state index in [0.717, 1.165) is 63.8 Å². The van der Waals surface area contributed by atoms with Gasteiger partial charge in [0.1, 0.15) is 6.54 Å². The van der Waals surface area contributed by atoms with Crippen molar-refractivity contribution in [3.63, 3.8) is 0 Å². The monoisotopic (exact) mass is 525 g/mol. The summed E-state index contributed by atoms with van der Waals surface area (Å²) < 4.78 is 2.96.